The second kappa shape index (κ2) is 10.8. The van der Waals surface area contributed by atoms with Gasteiger partial charge in [-0.1, -0.05) is 24.3 Å². The van der Waals surface area contributed by atoms with Crippen LogP contribution in [0.1, 0.15) is 84.8 Å². The molecule has 0 saturated heterocycles. The van der Waals surface area contributed by atoms with Crippen molar-refractivity contribution in [1.82, 2.24) is 0 Å². The molecule has 4 rings (SSSR count). The Hall–Kier alpha value is -3.61. The average molecular weight is 479 g/mol. The van der Waals surface area contributed by atoms with Crippen LogP contribution in [0.2, 0.25) is 0 Å². The third-order valence-corrected chi connectivity index (χ3v) is 6.47. The Labute approximate surface area is 204 Å². The second-order valence-electron chi connectivity index (χ2n) is 9.05. The molecule has 35 heavy (non-hydrogen) atoms. The highest BCUT2D eigenvalue weighted by Crippen LogP contribution is 2.47. The molecule has 0 aliphatic carbocycles. The molecule has 2 aliphatic heterocycles. The van der Waals surface area contributed by atoms with E-state index in [4.69, 9.17) is 14.2 Å². The molecule has 0 fully saturated rings. The van der Waals surface area contributed by atoms with Crippen molar-refractivity contribution in [2.45, 2.75) is 63.9 Å². The zero-order valence-corrected chi connectivity index (χ0v) is 20.0. The molecule has 0 saturated carbocycles. The highest BCUT2D eigenvalue weighted by atomic mass is 16.5. The van der Waals surface area contributed by atoms with Crippen LogP contribution >= 0.6 is 0 Å². The fourth-order valence-electron chi connectivity index (χ4n) is 4.66. The molecule has 2 aromatic rings. The summed E-state index contributed by atoms with van der Waals surface area (Å²) in [4.78, 5) is 37.8. The van der Waals surface area contributed by atoms with E-state index < -0.39 is 24.0 Å². The molecule has 0 radical (unpaired) electrons. The van der Waals surface area contributed by atoms with Crippen molar-refractivity contribution >= 4 is 23.8 Å². The van der Waals surface area contributed by atoms with E-state index in [-0.39, 0.29) is 29.3 Å². The quantitative estimate of drug-likeness (QED) is 0.460. The normalized spacial score (nSPS) is 21.3. The molecular formula is C28H30O7. The van der Waals surface area contributed by atoms with E-state index in [0.29, 0.717) is 55.4 Å². The van der Waals surface area contributed by atoms with Crippen molar-refractivity contribution in [3.63, 3.8) is 0 Å². The van der Waals surface area contributed by atoms with E-state index >= 15 is 0 Å². The molecule has 0 aromatic heterocycles. The van der Waals surface area contributed by atoms with Gasteiger partial charge in [0, 0.05) is 24.3 Å². The summed E-state index contributed by atoms with van der Waals surface area (Å²) >= 11 is 0. The highest BCUT2D eigenvalue weighted by Gasteiger charge is 2.35. The van der Waals surface area contributed by atoms with E-state index in [9.17, 15) is 19.5 Å². The zero-order valence-electron chi connectivity index (χ0n) is 20.0. The van der Waals surface area contributed by atoms with Crippen LogP contribution in [0.15, 0.2) is 36.4 Å². The Morgan fingerprint density at radius 2 is 1.89 bits per heavy atom. The summed E-state index contributed by atoms with van der Waals surface area (Å²) in [5, 5.41) is 11.4. The lowest BCUT2D eigenvalue weighted by atomic mass is 9.83. The van der Waals surface area contributed by atoms with Gasteiger partial charge in [-0.2, -0.15) is 0 Å². The number of Topliss-reactive ketones (excluding diaryl/α,β-unsaturated/α-hetero) is 1. The fraction of sp³-hybridized carbons (Fsp3) is 0.393. The molecule has 0 unspecified atom stereocenters. The summed E-state index contributed by atoms with van der Waals surface area (Å²) in [6.45, 7) is 1.78. The number of phenolic OH excluding ortho intramolecular Hbond substituents is 1. The lowest BCUT2D eigenvalue weighted by molar-refractivity contribution is -0.135. The molecule has 2 heterocycles. The van der Waals surface area contributed by atoms with Crippen molar-refractivity contribution in [2.75, 3.05) is 7.11 Å². The number of methoxy groups -OCH3 is 1. The maximum atomic E-state index is 13.3. The molecule has 7 heteroatoms. The molecule has 7 nitrogen and oxygen atoms in total. The van der Waals surface area contributed by atoms with E-state index in [1.165, 1.54) is 0 Å². The molecule has 2 aromatic carbocycles. The number of cyclic esters (lactones) is 1. The number of ether oxygens (including phenoxy) is 3. The molecule has 1 N–H and O–H groups in total. The van der Waals surface area contributed by atoms with Crippen LogP contribution in [0.3, 0.4) is 0 Å². The number of fused-ring (bicyclic) bond motifs is 2. The van der Waals surface area contributed by atoms with Crippen LogP contribution in [0.5, 0.6) is 17.2 Å². The van der Waals surface area contributed by atoms with Gasteiger partial charge < -0.3 is 19.3 Å². The summed E-state index contributed by atoms with van der Waals surface area (Å²) in [6.07, 6.45) is 6.66. The van der Waals surface area contributed by atoms with E-state index in [1.807, 2.05) is 18.2 Å². The standard InChI is InChI=1S/C28H30O7/c1-17-8-6-12-20(29)11-5-3-4-9-19-15-23-26(27(31)25(19)28(32)34-17)22(16-24(30)35-23)18-10-7-13-21(14-18)33-2/h4,7,9-10,13-15,17,22,31H,3,5-6,8,11-12,16H2,1-2H3/t17-,22-/m0/s1. The third kappa shape index (κ3) is 5.56. The fourth-order valence-corrected chi connectivity index (χ4v) is 4.66. The first-order chi connectivity index (χ1) is 16.9. The van der Waals surface area contributed by atoms with Gasteiger partial charge in [0.05, 0.1) is 19.6 Å². The van der Waals surface area contributed by atoms with Gasteiger partial charge in [-0.3, -0.25) is 9.59 Å². The molecule has 2 atom stereocenters. The van der Waals surface area contributed by atoms with Gasteiger partial charge in [0.25, 0.3) is 0 Å². The first-order valence-electron chi connectivity index (χ1n) is 12.0. The van der Waals surface area contributed by atoms with Crippen LogP contribution in [0.4, 0.5) is 0 Å². The van der Waals surface area contributed by atoms with E-state index in [0.717, 1.165) is 5.56 Å². The maximum absolute atomic E-state index is 13.3. The van der Waals surface area contributed by atoms with Gasteiger partial charge in [0.1, 0.15) is 28.6 Å². The molecule has 2 aliphatic rings. The van der Waals surface area contributed by atoms with Crippen molar-refractivity contribution in [1.29, 1.82) is 0 Å². The number of benzene rings is 2. The Bertz CT molecular complexity index is 1160. The van der Waals surface area contributed by atoms with Crippen molar-refractivity contribution in [3.8, 4) is 17.2 Å². The SMILES string of the molecule is COc1cccc([C@@H]2CC(=O)Oc3cc4c(c(O)c32)C(=O)O[C@@H](C)CCCC(=O)CCCC=C4)c1. The number of hydrogen-bond donors (Lipinski definition) is 1. The monoisotopic (exact) mass is 478 g/mol. The Morgan fingerprint density at radius 3 is 2.69 bits per heavy atom. The second-order valence-corrected chi connectivity index (χ2v) is 9.05. The number of hydrogen-bond acceptors (Lipinski definition) is 7. The number of esters is 2. The van der Waals surface area contributed by atoms with E-state index in [1.54, 1.807) is 38.3 Å². The van der Waals surface area contributed by atoms with Crippen LogP contribution in [0, 0.1) is 0 Å². The number of ketones is 1. The summed E-state index contributed by atoms with van der Waals surface area (Å²) in [6, 6.07) is 8.87. The van der Waals surface area contributed by atoms with Gasteiger partial charge in [-0.05, 0) is 61.9 Å². The minimum atomic E-state index is -0.651. The number of carbonyl (C=O) groups excluding carboxylic acids is 3. The van der Waals surface area contributed by atoms with Crippen molar-refractivity contribution in [3.05, 3.63) is 58.7 Å². The van der Waals surface area contributed by atoms with Crippen LogP contribution in [-0.2, 0) is 14.3 Å². The summed E-state index contributed by atoms with van der Waals surface area (Å²) in [5.41, 5.74) is 1.59. The Balaban J connectivity index is 1.81. The smallest absolute Gasteiger partial charge is 0.342 e. The summed E-state index contributed by atoms with van der Waals surface area (Å²) in [5.74, 6) is -0.799. The van der Waals surface area contributed by atoms with Gasteiger partial charge in [0.15, 0.2) is 0 Å². The van der Waals surface area contributed by atoms with Crippen LogP contribution in [0.25, 0.3) is 6.08 Å². The maximum Gasteiger partial charge on any atom is 0.342 e. The largest absolute Gasteiger partial charge is 0.507 e. The zero-order chi connectivity index (χ0) is 24.9. The first-order valence-corrected chi connectivity index (χ1v) is 12.0. The third-order valence-electron chi connectivity index (χ3n) is 6.47. The lowest BCUT2D eigenvalue weighted by Gasteiger charge is -2.28. The van der Waals surface area contributed by atoms with Gasteiger partial charge in [-0.25, -0.2) is 4.79 Å². The highest BCUT2D eigenvalue weighted by molar-refractivity contribution is 5.98. The van der Waals surface area contributed by atoms with Gasteiger partial charge >= 0.3 is 11.9 Å². The molecular weight excluding hydrogens is 448 g/mol. The minimum absolute atomic E-state index is 0.0157. The first kappa shape index (κ1) is 24.5. The van der Waals surface area contributed by atoms with E-state index in [2.05, 4.69) is 0 Å². The predicted octanol–water partition coefficient (Wildman–Crippen LogP) is 5.32. The van der Waals surface area contributed by atoms with Crippen molar-refractivity contribution < 1.29 is 33.7 Å². The number of carbonyl (C=O) groups is 3. The summed E-state index contributed by atoms with van der Waals surface area (Å²) < 4.78 is 16.5. The molecule has 0 spiro atoms. The number of allylic oxidation sites excluding steroid dienone is 1. The van der Waals surface area contributed by atoms with Gasteiger partial charge in [0.2, 0.25) is 0 Å². The Morgan fingerprint density at radius 1 is 1.09 bits per heavy atom. The van der Waals surface area contributed by atoms with Crippen LogP contribution in [-0.4, -0.2) is 36.0 Å². The number of phenols is 1. The topological polar surface area (TPSA) is 99.1 Å². The number of rotatable bonds is 2. The summed E-state index contributed by atoms with van der Waals surface area (Å²) in [7, 11) is 1.56. The molecule has 0 amide bonds. The number of aromatic hydroxyl groups is 1. The lowest BCUT2D eigenvalue weighted by Crippen LogP contribution is -2.23. The molecule has 0 bridgehead atoms. The van der Waals surface area contributed by atoms with Gasteiger partial charge in [-0.15, -0.1) is 0 Å². The molecule has 184 valence electrons. The van der Waals surface area contributed by atoms with Crippen LogP contribution < -0.4 is 9.47 Å². The minimum Gasteiger partial charge on any atom is -0.507 e. The van der Waals surface area contributed by atoms with Crippen molar-refractivity contribution in [2.24, 2.45) is 0 Å². The predicted molar refractivity (Wildman–Crippen MR) is 130 cm³/mol. The average Bonchev–Trinajstić information content (AvgIpc) is 2.82. The Kier molecular flexibility index (Phi) is 7.54.